The molecule has 0 bridgehead atoms. The fourth-order valence-electron chi connectivity index (χ4n) is 2.81. The Kier molecular flexibility index (Phi) is 5.75. The highest BCUT2D eigenvalue weighted by molar-refractivity contribution is 7.07. The molecule has 0 spiro atoms. The number of rotatable bonds is 6. The molecule has 2 N–H and O–H groups in total. The van der Waals surface area contributed by atoms with E-state index in [9.17, 15) is 4.79 Å². The second-order valence-corrected chi connectivity index (χ2v) is 6.83. The molecule has 9 heteroatoms. The Labute approximate surface area is 151 Å². The van der Waals surface area contributed by atoms with Crippen molar-refractivity contribution in [2.45, 2.75) is 33.1 Å². The standard InChI is InChI=1S/C16H23N7OS/c1-11-15(25-22-21-11)16(24)18-7-6-17-13-10-14(20-12(2)19-13)23-8-4-3-5-9-23/h10H,3-9H2,1-2H3,(H,18,24)(H,17,19,20). The van der Waals surface area contributed by atoms with Crippen molar-refractivity contribution in [1.29, 1.82) is 0 Å². The predicted molar refractivity (Wildman–Crippen MR) is 98.3 cm³/mol. The summed E-state index contributed by atoms with van der Waals surface area (Å²) in [5.74, 6) is 2.38. The maximum atomic E-state index is 12.0. The van der Waals surface area contributed by atoms with Gasteiger partial charge in [0.05, 0.1) is 5.69 Å². The lowest BCUT2D eigenvalue weighted by Crippen LogP contribution is -2.31. The van der Waals surface area contributed by atoms with Gasteiger partial charge in [0.25, 0.3) is 5.91 Å². The highest BCUT2D eigenvalue weighted by atomic mass is 32.1. The molecule has 0 unspecified atom stereocenters. The van der Waals surface area contributed by atoms with Crippen molar-refractivity contribution in [1.82, 2.24) is 24.9 Å². The normalized spacial score (nSPS) is 14.4. The van der Waals surface area contributed by atoms with Crippen LogP contribution in [0.2, 0.25) is 0 Å². The van der Waals surface area contributed by atoms with E-state index >= 15 is 0 Å². The average molecular weight is 361 g/mol. The molecule has 1 aliphatic rings. The topological polar surface area (TPSA) is 95.9 Å². The van der Waals surface area contributed by atoms with Crippen LogP contribution in [0.4, 0.5) is 11.6 Å². The lowest BCUT2D eigenvalue weighted by molar-refractivity contribution is 0.0958. The van der Waals surface area contributed by atoms with Crippen LogP contribution in [0.1, 0.15) is 40.5 Å². The number of carbonyl (C=O) groups excluding carboxylic acids is 1. The van der Waals surface area contributed by atoms with E-state index < -0.39 is 0 Å². The van der Waals surface area contributed by atoms with Crippen LogP contribution in [0.3, 0.4) is 0 Å². The third-order valence-corrected chi connectivity index (χ3v) is 4.91. The molecule has 1 saturated heterocycles. The minimum absolute atomic E-state index is 0.137. The minimum Gasteiger partial charge on any atom is -0.368 e. The van der Waals surface area contributed by atoms with E-state index in [1.807, 2.05) is 13.0 Å². The summed E-state index contributed by atoms with van der Waals surface area (Å²) in [4.78, 5) is 23.9. The van der Waals surface area contributed by atoms with E-state index in [4.69, 9.17) is 0 Å². The number of aromatic nitrogens is 4. The summed E-state index contributed by atoms with van der Waals surface area (Å²) >= 11 is 1.11. The van der Waals surface area contributed by atoms with Crippen LogP contribution >= 0.6 is 11.5 Å². The zero-order valence-electron chi connectivity index (χ0n) is 14.6. The van der Waals surface area contributed by atoms with E-state index in [1.54, 1.807) is 6.92 Å². The van der Waals surface area contributed by atoms with Gasteiger partial charge < -0.3 is 15.5 Å². The van der Waals surface area contributed by atoms with E-state index in [-0.39, 0.29) is 5.91 Å². The summed E-state index contributed by atoms with van der Waals surface area (Å²) in [6, 6.07) is 1.98. The maximum Gasteiger partial charge on any atom is 0.265 e. The summed E-state index contributed by atoms with van der Waals surface area (Å²) in [5, 5.41) is 9.97. The van der Waals surface area contributed by atoms with Gasteiger partial charge in [-0.05, 0) is 44.6 Å². The van der Waals surface area contributed by atoms with Crippen molar-refractivity contribution in [2.24, 2.45) is 0 Å². The zero-order chi connectivity index (χ0) is 17.6. The molecule has 2 aromatic rings. The number of nitrogens with one attached hydrogen (secondary N) is 2. The van der Waals surface area contributed by atoms with Crippen LogP contribution in [0.15, 0.2) is 6.07 Å². The number of hydrogen-bond donors (Lipinski definition) is 2. The average Bonchev–Trinajstić information content (AvgIpc) is 3.05. The summed E-state index contributed by atoms with van der Waals surface area (Å²) < 4.78 is 3.78. The monoisotopic (exact) mass is 361 g/mol. The molecule has 0 saturated carbocycles. The molecule has 2 aromatic heterocycles. The Balaban J connectivity index is 1.52. The lowest BCUT2D eigenvalue weighted by Gasteiger charge is -2.28. The van der Waals surface area contributed by atoms with Crippen molar-refractivity contribution in [3.05, 3.63) is 22.5 Å². The van der Waals surface area contributed by atoms with Crippen LogP contribution in [-0.4, -0.2) is 51.6 Å². The number of aryl methyl sites for hydroxylation is 2. The van der Waals surface area contributed by atoms with Crippen molar-refractivity contribution in [2.75, 3.05) is 36.4 Å². The van der Waals surface area contributed by atoms with Crippen LogP contribution < -0.4 is 15.5 Å². The van der Waals surface area contributed by atoms with Gasteiger partial charge in [-0.2, -0.15) is 0 Å². The van der Waals surface area contributed by atoms with Crippen LogP contribution in [0.5, 0.6) is 0 Å². The first kappa shape index (κ1) is 17.5. The lowest BCUT2D eigenvalue weighted by atomic mass is 10.1. The number of amides is 1. The molecule has 0 aromatic carbocycles. The zero-order valence-corrected chi connectivity index (χ0v) is 15.4. The molecule has 0 radical (unpaired) electrons. The quantitative estimate of drug-likeness (QED) is 0.757. The first-order valence-corrected chi connectivity index (χ1v) is 9.32. The third kappa shape index (κ3) is 4.62. The Morgan fingerprint density at radius 3 is 2.72 bits per heavy atom. The molecule has 0 aliphatic carbocycles. The van der Waals surface area contributed by atoms with Gasteiger partial charge in [-0.3, -0.25) is 4.79 Å². The third-order valence-electron chi connectivity index (χ3n) is 4.08. The Hall–Kier alpha value is -2.29. The first-order valence-electron chi connectivity index (χ1n) is 8.55. The molecule has 1 amide bonds. The fraction of sp³-hybridized carbons (Fsp3) is 0.562. The number of carbonyl (C=O) groups is 1. The second kappa shape index (κ2) is 8.19. The van der Waals surface area contributed by atoms with Crippen LogP contribution in [0, 0.1) is 13.8 Å². The van der Waals surface area contributed by atoms with E-state index in [2.05, 4.69) is 35.1 Å². The summed E-state index contributed by atoms with van der Waals surface area (Å²) in [6.07, 6.45) is 3.72. The molecule has 25 heavy (non-hydrogen) atoms. The maximum absolute atomic E-state index is 12.0. The Morgan fingerprint density at radius 1 is 1.20 bits per heavy atom. The van der Waals surface area contributed by atoms with Gasteiger partial charge in [-0.25, -0.2) is 9.97 Å². The minimum atomic E-state index is -0.137. The van der Waals surface area contributed by atoms with E-state index in [1.165, 1.54) is 19.3 Å². The largest absolute Gasteiger partial charge is 0.368 e. The van der Waals surface area contributed by atoms with Gasteiger partial charge in [0.2, 0.25) is 0 Å². The molecule has 3 rings (SSSR count). The number of hydrogen-bond acceptors (Lipinski definition) is 8. The first-order chi connectivity index (χ1) is 12.1. The van der Waals surface area contributed by atoms with E-state index in [0.717, 1.165) is 42.1 Å². The van der Waals surface area contributed by atoms with Gasteiger partial charge in [0.15, 0.2) is 0 Å². The molecule has 1 fully saturated rings. The summed E-state index contributed by atoms with van der Waals surface area (Å²) in [7, 11) is 0. The van der Waals surface area contributed by atoms with Gasteiger partial charge in [0.1, 0.15) is 22.3 Å². The van der Waals surface area contributed by atoms with Crippen molar-refractivity contribution in [3.8, 4) is 0 Å². The summed E-state index contributed by atoms with van der Waals surface area (Å²) in [5.41, 5.74) is 0.660. The predicted octanol–water partition coefficient (Wildman–Crippen LogP) is 1.78. The van der Waals surface area contributed by atoms with Crippen molar-refractivity contribution < 1.29 is 4.79 Å². The van der Waals surface area contributed by atoms with Crippen LogP contribution in [-0.2, 0) is 0 Å². The fourth-order valence-corrected chi connectivity index (χ4v) is 3.39. The highest BCUT2D eigenvalue weighted by Crippen LogP contribution is 2.20. The molecular formula is C16H23N7OS. The van der Waals surface area contributed by atoms with E-state index in [0.29, 0.717) is 23.7 Å². The highest BCUT2D eigenvalue weighted by Gasteiger charge is 2.14. The Morgan fingerprint density at radius 2 is 2.00 bits per heavy atom. The van der Waals surface area contributed by atoms with Gasteiger partial charge in [-0.1, -0.05) is 4.49 Å². The van der Waals surface area contributed by atoms with Crippen molar-refractivity contribution in [3.63, 3.8) is 0 Å². The van der Waals surface area contributed by atoms with Crippen molar-refractivity contribution >= 4 is 29.1 Å². The Bertz CT molecular complexity index is 727. The van der Waals surface area contributed by atoms with Gasteiger partial charge in [0, 0.05) is 32.2 Å². The van der Waals surface area contributed by atoms with Gasteiger partial charge in [-0.15, -0.1) is 5.10 Å². The van der Waals surface area contributed by atoms with Crippen LogP contribution in [0.25, 0.3) is 0 Å². The molecule has 1 aliphatic heterocycles. The molecule has 3 heterocycles. The smallest absolute Gasteiger partial charge is 0.265 e. The molecular weight excluding hydrogens is 338 g/mol. The van der Waals surface area contributed by atoms with Gasteiger partial charge >= 0.3 is 0 Å². The summed E-state index contributed by atoms with van der Waals surface area (Å²) in [6.45, 7) is 6.87. The number of piperidine rings is 1. The molecule has 134 valence electrons. The number of nitrogens with zero attached hydrogens (tertiary/aromatic N) is 5. The molecule has 8 nitrogen and oxygen atoms in total. The SMILES string of the molecule is Cc1nc(NCCNC(=O)c2snnc2C)cc(N2CCCCC2)n1. The molecule has 0 atom stereocenters. The second-order valence-electron chi connectivity index (χ2n) is 6.08. The number of anilines is 2.